The quantitative estimate of drug-likeness (QED) is 0.711. The van der Waals surface area contributed by atoms with E-state index in [0.717, 1.165) is 43.3 Å². The Kier molecular flexibility index (Phi) is 6.53. The monoisotopic (exact) mass is 393 g/mol. The number of sulfone groups is 1. The number of aryl methyl sites for hydroxylation is 1. The van der Waals surface area contributed by atoms with Crippen LogP contribution in [0.2, 0.25) is 0 Å². The maximum atomic E-state index is 13.0. The molecule has 1 aromatic carbocycles. The van der Waals surface area contributed by atoms with Gasteiger partial charge in [0.25, 0.3) is 0 Å². The molecule has 1 heterocycles. The highest BCUT2D eigenvalue weighted by atomic mass is 32.2. The van der Waals surface area contributed by atoms with Gasteiger partial charge in [-0.05, 0) is 78.8 Å². The summed E-state index contributed by atoms with van der Waals surface area (Å²) in [4.78, 5) is 15.2. The average Bonchev–Trinajstić information content (AvgIpc) is 2.59. The molecule has 1 aliphatic heterocycles. The number of benzene rings is 1. The number of likely N-dealkylation sites (tertiary alicyclic amines) is 1. The van der Waals surface area contributed by atoms with Crippen LogP contribution in [0.1, 0.15) is 52.5 Å². The standard InChI is InChI=1S/C21H31NO4S/c1-17-9-11-18(12-10-17)27(24,25)16-13-21(5,19(23)26-20(2,3)4)22-14-7-6-8-15-22/h9-13,16H,6-8,14-15H2,1-5H3/b16-13+. The summed E-state index contributed by atoms with van der Waals surface area (Å²) in [5, 5.41) is 1.15. The highest BCUT2D eigenvalue weighted by Crippen LogP contribution is 2.27. The Balaban J connectivity index is 2.36. The molecule has 0 amide bonds. The van der Waals surface area contributed by atoms with E-state index in [9.17, 15) is 13.2 Å². The Morgan fingerprint density at radius 3 is 2.11 bits per heavy atom. The summed E-state index contributed by atoms with van der Waals surface area (Å²) in [5.41, 5.74) is -0.770. The summed E-state index contributed by atoms with van der Waals surface area (Å²) in [6.45, 7) is 10.6. The number of carbonyl (C=O) groups is 1. The van der Waals surface area contributed by atoms with Crippen molar-refractivity contribution in [3.63, 3.8) is 0 Å². The molecule has 150 valence electrons. The molecule has 0 saturated carbocycles. The summed E-state index contributed by atoms with van der Waals surface area (Å²) in [6, 6.07) is 6.69. The van der Waals surface area contributed by atoms with Gasteiger partial charge in [-0.2, -0.15) is 0 Å². The van der Waals surface area contributed by atoms with Crippen molar-refractivity contribution >= 4 is 15.8 Å². The number of carbonyl (C=O) groups excluding carboxylic acids is 1. The van der Waals surface area contributed by atoms with Crippen LogP contribution >= 0.6 is 0 Å². The van der Waals surface area contributed by atoms with Gasteiger partial charge in [0.05, 0.1) is 4.90 Å². The molecule has 0 spiro atoms. The minimum absolute atomic E-state index is 0.217. The predicted octanol–water partition coefficient (Wildman–Crippen LogP) is 3.87. The Labute approximate surface area is 163 Å². The molecule has 0 aromatic heterocycles. The van der Waals surface area contributed by atoms with Crippen LogP contribution in [0.4, 0.5) is 0 Å². The highest BCUT2D eigenvalue weighted by molar-refractivity contribution is 7.94. The third kappa shape index (κ3) is 5.66. The molecule has 27 heavy (non-hydrogen) atoms. The molecule has 0 N–H and O–H groups in total. The van der Waals surface area contributed by atoms with Crippen molar-refractivity contribution in [3.8, 4) is 0 Å². The van der Waals surface area contributed by atoms with E-state index in [1.54, 1.807) is 31.2 Å². The number of rotatable bonds is 5. The van der Waals surface area contributed by atoms with E-state index in [-0.39, 0.29) is 4.90 Å². The number of esters is 1. The fourth-order valence-corrected chi connectivity index (χ4v) is 4.19. The van der Waals surface area contributed by atoms with Crippen LogP contribution in [0.25, 0.3) is 0 Å². The van der Waals surface area contributed by atoms with E-state index in [2.05, 4.69) is 0 Å². The van der Waals surface area contributed by atoms with Crippen molar-refractivity contribution in [2.45, 2.75) is 69.9 Å². The lowest BCUT2D eigenvalue weighted by Gasteiger charge is -2.40. The fraction of sp³-hybridized carbons (Fsp3) is 0.571. The maximum absolute atomic E-state index is 13.0. The molecule has 0 radical (unpaired) electrons. The van der Waals surface area contributed by atoms with Crippen LogP contribution in [0.5, 0.6) is 0 Å². The van der Waals surface area contributed by atoms with Gasteiger partial charge in [0.1, 0.15) is 11.1 Å². The number of hydrogen-bond acceptors (Lipinski definition) is 5. The van der Waals surface area contributed by atoms with Crippen molar-refractivity contribution in [1.29, 1.82) is 0 Å². The van der Waals surface area contributed by atoms with E-state index in [1.807, 2.05) is 32.6 Å². The van der Waals surface area contributed by atoms with Crippen LogP contribution in [0.15, 0.2) is 40.6 Å². The summed E-state index contributed by atoms with van der Waals surface area (Å²) in [6.07, 6.45) is 4.57. The lowest BCUT2D eigenvalue weighted by molar-refractivity contribution is -0.166. The molecular formula is C21H31NO4S. The molecule has 1 unspecified atom stereocenters. The van der Waals surface area contributed by atoms with Crippen LogP contribution < -0.4 is 0 Å². The first-order valence-corrected chi connectivity index (χ1v) is 11.0. The molecule has 1 aromatic rings. The molecule has 1 atom stereocenters. The Morgan fingerprint density at radius 2 is 1.59 bits per heavy atom. The van der Waals surface area contributed by atoms with E-state index >= 15 is 0 Å². The van der Waals surface area contributed by atoms with Crippen LogP contribution in [0.3, 0.4) is 0 Å². The zero-order chi connectivity index (χ0) is 20.3. The van der Waals surface area contributed by atoms with E-state index in [4.69, 9.17) is 4.74 Å². The first-order valence-electron chi connectivity index (χ1n) is 9.43. The van der Waals surface area contributed by atoms with E-state index < -0.39 is 26.9 Å². The van der Waals surface area contributed by atoms with Crippen molar-refractivity contribution in [2.75, 3.05) is 13.1 Å². The van der Waals surface area contributed by atoms with Gasteiger partial charge in [0.15, 0.2) is 9.84 Å². The Bertz CT molecular complexity index is 784. The number of nitrogens with zero attached hydrogens (tertiary/aromatic N) is 1. The minimum Gasteiger partial charge on any atom is -0.458 e. The second-order valence-corrected chi connectivity index (χ2v) is 10.2. The smallest absolute Gasteiger partial charge is 0.330 e. The number of piperidine rings is 1. The van der Waals surface area contributed by atoms with Crippen molar-refractivity contribution in [2.24, 2.45) is 0 Å². The summed E-state index contributed by atoms with van der Waals surface area (Å²) in [5.74, 6) is -0.424. The topological polar surface area (TPSA) is 63.7 Å². The van der Waals surface area contributed by atoms with E-state index in [0.29, 0.717) is 0 Å². The fourth-order valence-electron chi connectivity index (χ4n) is 3.07. The highest BCUT2D eigenvalue weighted by Gasteiger charge is 2.41. The molecule has 0 aliphatic carbocycles. The van der Waals surface area contributed by atoms with Gasteiger partial charge in [0, 0.05) is 5.41 Å². The first-order chi connectivity index (χ1) is 12.4. The molecule has 1 fully saturated rings. The van der Waals surface area contributed by atoms with Gasteiger partial charge in [-0.3, -0.25) is 4.90 Å². The van der Waals surface area contributed by atoms with Gasteiger partial charge >= 0.3 is 5.97 Å². The van der Waals surface area contributed by atoms with Gasteiger partial charge in [-0.1, -0.05) is 24.1 Å². The average molecular weight is 394 g/mol. The molecule has 2 rings (SSSR count). The zero-order valence-electron chi connectivity index (χ0n) is 17.0. The maximum Gasteiger partial charge on any atom is 0.330 e. The van der Waals surface area contributed by atoms with Crippen molar-refractivity contribution < 1.29 is 17.9 Å². The summed E-state index contributed by atoms with van der Waals surface area (Å²) < 4.78 is 31.1. The second-order valence-electron chi connectivity index (χ2n) is 8.36. The summed E-state index contributed by atoms with van der Waals surface area (Å²) >= 11 is 0. The third-order valence-electron chi connectivity index (χ3n) is 4.75. The van der Waals surface area contributed by atoms with Crippen LogP contribution in [0, 0.1) is 6.92 Å². The molecule has 1 saturated heterocycles. The summed E-state index contributed by atoms with van der Waals surface area (Å²) in [7, 11) is -3.64. The van der Waals surface area contributed by atoms with Gasteiger partial charge in [-0.15, -0.1) is 0 Å². The van der Waals surface area contributed by atoms with Crippen molar-refractivity contribution in [3.05, 3.63) is 41.3 Å². The lowest BCUT2D eigenvalue weighted by Crippen LogP contribution is -2.55. The Morgan fingerprint density at radius 1 is 1.04 bits per heavy atom. The Hall–Kier alpha value is -1.66. The number of hydrogen-bond donors (Lipinski definition) is 0. The van der Waals surface area contributed by atoms with Crippen LogP contribution in [-0.4, -0.2) is 43.5 Å². The zero-order valence-corrected chi connectivity index (χ0v) is 17.8. The first kappa shape index (κ1) is 21.6. The molecule has 1 aliphatic rings. The second kappa shape index (κ2) is 8.15. The van der Waals surface area contributed by atoms with Crippen molar-refractivity contribution in [1.82, 2.24) is 4.90 Å². The van der Waals surface area contributed by atoms with Gasteiger partial charge < -0.3 is 4.74 Å². The SMILES string of the molecule is Cc1ccc(S(=O)(=O)/C=C/C(C)(C(=O)OC(C)(C)C)N2CCCCC2)cc1. The normalized spacial score (nSPS) is 19.0. The van der Waals surface area contributed by atoms with Crippen LogP contribution in [-0.2, 0) is 19.4 Å². The number of ether oxygens (including phenoxy) is 1. The molecular weight excluding hydrogens is 362 g/mol. The molecule has 0 bridgehead atoms. The third-order valence-corrected chi connectivity index (χ3v) is 6.17. The lowest BCUT2D eigenvalue weighted by atomic mass is 9.96. The minimum atomic E-state index is -3.64. The predicted molar refractivity (Wildman–Crippen MR) is 107 cm³/mol. The van der Waals surface area contributed by atoms with Gasteiger partial charge in [-0.25, -0.2) is 13.2 Å². The molecule has 5 nitrogen and oxygen atoms in total. The largest absolute Gasteiger partial charge is 0.458 e. The van der Waals surface area contributed by atoms with E-state index in [1.165, 1.54) is 6.08 Å². The van der Waals surface area contributed by atoms with Gasteiger partial charge in [0.2, 0.25) is 0 Å². The molecule has 6 heteroatoms.